The van der Waals surface area contributed by atoms with E-state index in [2.05, 4.69) is 64.0 Å². The lowest BCUT2D eigenvalue weighted by Gasteiger charge is -2.08. The van der Waals surface area contributed by atoms with E-state index in [1.807, 2.05) is 47.3 Å². The normalized spacial score (nSPS) is 12.5. The smallest absolute Gasteiger partial charge is 0.146 e. The number of imidazole rings is 1. The summed E-state index contributed by atoms with van der Waals surface area (Å²) >= 11 is 3.75. The Morgan fingerprint density at radius 2 is 1.48 bits per heavy atom. The van der Waals surface area contributed by atoms with Crippen LogP contribution in [-0.4, -0.2) is 14.4 Å². The first-order valence-electron chi connectivity index (χ1n) is 10.2. The van der Waals surface area contributed by atoms with Crippen molar-refractivity contribution < 1.29 is 0 Å². The average molecular weight is 432 g/mol. The van der Waals surface area contributed by atoms with Crippen LogP contribution in [0.4, 0.5) is 0 Å². The van der Waals surface area contributed by atoms with Crippen LogP contribution in [0.25, 0.3) is 67.8 Å². The van der Waals surface area contributed by atoms with Crippen LogP contribution in [0.5, 0.6) is 0 Å². The Balaban J connectivity index is 1.62. The molecule has 0 unspecified atom stereocenters. The Bertz CT molecular complexity index is 2010. The number of hydrogen-bond donors (Lipinski definition) is 0. The molecule has 144 valence electrons. The van der Waals surface area contributed by atoms with Crippen molar-refractivity contribution in [1.82, 2.24) is 14.4 Å². The molecule has 5 aromatic heterocycles. The fraction of sp³-hybridized carbons (Fsp3) is 0. The van der Waals surface area contributed by atoms with E-state index in [0.29, 0.717) is 0 Å². The van der Waals surface area contributed by atoms with Gasteiger partial charge in [-0.3, -0.25) is 9.38 Å². The van der Waals surface area contributed by atoms with Crippen molar-refractivity contribution >= 4 is 90.5 Å². The summed E-state index contributed by atoms with van der Waals surface area (Å²) in [6.07, 6.45) is 5.80. The molecule has 5 heterocycles. The highest BCUT2D eigenvalue weighted by atomic mass is 32.1. The van der Waals surface area contributed by atoms with E-state index in [4.69, 9.17) is 4.98 Å². The molecule has 8 rings (SSSR count). The van der Waals surface area contributed by atoms with E-state index < -0.39 is 0 Å². The van der Waals surface area contributed by atoms with Gasteiger partial charge in [0.2, 0.25) is 0 Å². The molecule has 31 heavy (non-hydrogen) atoms. The Kier molecular flexibility index (Phi) is 2.91. The van der Waals surface area contributed by atoms with E-state index in [9.17, 15) is 0 Å². The van der Waals surface area contributed by atoms with Gasteiger partial charge in [0.05, 0.1) is 11.0 Å². The van der Waals surface area contributed by atoms with Crippen molar-refractivity contribution in [2.24, 2.45) is 0 Å². The van der Waals surface area contributed by atoms with Crippen molar-refractivity contribution in [2.45, 2.75) is 0 Å². The first-order chi connectivity index (χ1) is 15.4. The summed E-state index contributed by atoms with van der Waals surface area (Å²) in [6, 6.07) is 22.1. The second-order valence-electron chi connectivity index (χ2n) is 7.90. The van der Waals surface area contributed by atoms with Gasteiger partial charge in [0.1, 0.15) is 5.65 Å². The van der Waals surface area contributed by atoms with Crippen molar-refractivity contribution in [3.8, 4) is 0 Å². The number of hydrogen-bond acceptors (Lipinski definition) is 4. The lowest BCUT2D eigenvalue weighted by Crippen LogP contribution is -1.91. The maximum atomic E-state index is 4.80. The van der Waals surface area contributed by atoms with E-state index >= 15 is 0 Å². The molecule has 0 fully saturated rings. The van der Waals surface area contributed by atoms with Gasteiger partial charge >= 0.3 is 0 Å². The SMILES string of the molecule is c1ccc2c(c1)sc1cc3c(cc12)sc1c3ccc2c1c1ncccc1c1nccn21. The molecule has 0 saturated heterocycles. The van der Waals surface area contributed by atoms with Gasteiger partial charge in [-0.05, 0) is 36.4 Å². The third-order valence-electron chi connectivity index (χ3n) is 6.30. The summed E-state index contributed by atoms with van der Waals surface area (Å²) in [4.78, 5) is 9.41. The zero-order valence-corrected chi connectivity index (χ0v) is 17.8. The van der Waals surface area contributed by atoms with Crippen molar-refractivity contribution in [2.75, 3.05) is 0 Å². The van der Waals surface area contributed by atoms with Crippen LogP contribution >= 0.6 is 22.7 Å². The molecule has 0 spiro atoms. The van der Waals surface area contributed by atoms with Gasteiger partial charge in [-0.25, -0.2) is 4.98 Å². The molecule has 0 atom stereocenters. The maximum absolute atomic E-state index is 4.80. The van der Waals surface area contributed by atoms with E-state index in [1.54, 1.807) is 0 Å². The van der Waals surface area contributed by atoms with Crippen LogP contribution in [0.3, 0.4) is 0 Å². The minimum absolute atomic E-state index is 0.961. The van der Waals surface area contributed by atoms with Gasteiger partial charge in [0, 0.05) is 69.7 Å². The Morgan fingerprint density at radius 3 is 2.45 bits per heavy atom. The summed E-state index contributed by atoms with van der Waals surface area (Å²) in [5.74, 6) is 0. The van der Waals surface area contributed by atoms with Gasteiger partial charge in [-0.2, -0.15) is 0 Å². The first kappa shape index (κ1) is 16.2. The number of rotatable bonds is 0. The van der Waals surface area contributed by atoms with Gasteiger partial charge in [0.25, 0.3) is 0 Å². The molecule has 0 bridgehead atoms. The van der Waals surface area contributed by atoms with Crippen LogP contribution in [0.2, 0.25) is 0 Å². The molecule has 0 N–H and O–H groups in total. The number of thiophene rings is 2. The third-order valence-corrected chi connectivity index (χ3v) is 8.62. The highest BCUT2D eigenvalue weighted by Gasteiger charge is 2.17. The van der Waals surface area contributed by atoms with Gasteiger partial charge in [-0.15, -0.1) is 22.7 Å². The van der Waals surface area contributed by atoms with Crippen LogP contribution in [-0.2, 0) is 0 Å². The minimum Gasteiger partial charge on any atom is -0.299 e. The Labute approximate surface area is 183 Å². The molecular formula is C26H13N3S2. The molecule has 0 aliphatic rings. The standard InChI is InChI=1S/C26H13N3S2/c1-2-6-20-14(4-1)17-12-22-18(13-21(17)30-20)15-7-8-19-23(25(15)31-22)24-16(5-3-9-27-24)26-28-10-11-29(19)26/h1-13H. The maximum Gasteiger partial charge on any atom is 0.146 e. The van der Waals surface area contributed by atoms with Crippen LogP contribution in [0.1, 0.15) is 0 Å². The molecule has 0 amide bonds. The Hall–Kier alpha value is -3.54. The number of pyridine rings is 2. The Morgan fingerprint density at radius 1 is 0.645 bits per heavy atom. The van der Waals surface area contributed by atoms with Gasteiger partial charge in [-0.1, -0.05) is 24.3 Å². The molecule has 8 aromatic rings. The molecule has 0 saturated carbocycles. The largest absolute Gasteiger partial charge is 0.299 e. The highest BCUT2D eigenvalue weighted by Crippen LogP contribution is 2.44. The summed E-state index contributed by atoms with van der Waals surface area (Å²) in [5, 5.41) is 7.64. The molecular weight excluding hydrogens is 418 g/mol. The van der Waals surface area contributed by atoms with Gasteiger partial charge in [0.15, 0.2) is 0 Å². The van der Waals surface area contributed by atoms with Crippen LogP contribution in [0.15, 0.2) is 79.3 Å². The van der Waals surface area contributed by atoms with Crippen molar-refractivity contribution in [3.63, 3.8) is 0 Å². The number of aromatic nitrogens is 3. The predicted octanol–water partition coefficient (Wildman–Crippen LogP) is 7.77. The number of nitrogens with zero attached hydrogens (tertiary/aromatic N) is 3. The zero-order chi connectivity index (χ0) is 20.1. The highest BCUT2D eigenvalue weighted by molar-refractivity contribution is 7.28. The topological polar surface area (TPSA) is 30.2 Å². The first-order valence-corrected chi connectivity index (χ1v) is 11.8. The third kappa shape index (κ3) is 1.98. The fourth-order valence-corrected chi connectivity index (χ4v) is 7.35. The lowest BCUT2D eigenvalue weighted by atomic mass is 10.1. The second kappa shape index (κ2) is 5.58. The average Bonchev–Trinajstić information content (AvgIpc) is 3.52. The lowest BCUT2D eigenvalue weighted by molar-refractivity contribution is 1.27. The predicted molar refractivity (Wildman–Crippen MR) is 134 cm³/mol. The molecule has 3 nitrogen and oxygen atoms in total. The summed E-state index contributed by atoms with van der Waals surface area (Å²) in [6.45, 7) is 0. The number of fused-ring (bicyclic) bond motifs is 13. The monoisotopic (exact) mass is 431 g/mol. The molecule has 0 radical (unpaired) electrons. The van der Waals surface area contributed by atoms with Gasteiger partial charge < -0.3 is 0 Å². The molecule has 5 heteroatoms. The summed E-state index contributed by atoms with van der Waals surface area (Å²) in [7, 11) is 0. The quantitative estimate of drug-likeness (QED) is 0.230. The number of benzene rings is 3. The second-order valence-corrected chi connectivity index (χ2v) is 10.0. The summed E-state index contributed by atoms with van der Waals surface area (Å²) in [5.41, 5.74) is 3.15. The summed E-state index contributed by atoms with van der Waals surface area (Å²) < 4.78 is 7.51. The van der Waals surface area contributed by atoms with Crippen LogP contribution < -0.4 is 0 Å². The van der Waals surface area contributed by atoms with Crippen LogP contribution in [0, 0.1) is 0 Å². The van der Waals surface area contributed by atoms with Crippen molar-refractivity contribution in [1.29, 1.82) is 0 Å². The fourth-order valence-electron chi connectivity index (χ4n) is 4.96. The van der Waals surface area contributed by atoms with E-state index in [-0.39, 0.29) is 0 Å². The van der Waals surface area contributed by atoms with Crippen molar-refractivity contribution in [3.05, 3.63) is 79.3 Å². The molecule has 0 aliphatic carbocycles. The minimum atomic E-state index is 0.961. The molecule has 0 aliphatic heterocycles. The van der Waals surface area contributed by atoms with E-state index in [1.165, 1.54) is 45.7 Å². The molecule has 3 aromatic carbocycles. The zero-order valence-electron chi connectivity index (χ0n) is 16.2. The van der Waals surface area contributed by atoms with E-state index in [0.717, 1.165) is 22.1 Å².